The summed E-state index contributed by atoms with van der Waals surface area (Å²) in [6.07, 6.45) is 8.90. The van der Waals surface area contributed by atoms with Crippen molar-refractivity contribution in [3.05, 3.63) is 29.8 Å². The van der Waals surface area contributed by atoms with Gasteiger partial charge in [-0.3, -0.25) is 0 Å². The van der Waals surface area contributed by atoms with E-state index in [4.69, 9.17) is 4.74 Å². The number of halogens is 1. The molecule has 1 aromatic rings. The van der Waals surface area contributed by atoms with Crippen LogP contribution in [0.2, 0.25) is 0 Å². The lowest BCUT2D eigenvalue weighted by molar-refractivity contribution is -0.00523. The maximum atomic E-state index is 5.97. The molecule has 0 saturated heterocycles. The summed E-state index contributed by atoms with van der Waals surface area (Å²) in [6, 6.07) is 9.19. The SMILES string of the molecule is CCN(CC)CCOc1ccc(C23CC4CC(CC(C4)C2)C3)cc1.[Cl-]. The minimum absolute atomic E-state index is 0. The van der Waals surface area contributed by atoms with Crippen molar-refractivity contribution in [1.82, 2.24) is 4.90 Å². The molecule has 25 heavy (non-hydrogen) atoms. The fourth-order valence-corrected chi connectivity index (χ4v) is 6.20. The summed E-state index contributed by atoms with van der Waals surface area (Å²) in [6.45, 7) is 8.44. The second kappa shape index (κ2) is 7.88. The summed E-state index contributed by atoms with van der Waals surface area (Å²) < 4.78 is 5.97. The molecule has 4 fully saturated rings. The first-order chi connectivity index (χ1) is 11.7. The number of benzene rings is 1. The van der Waals surface area contributed by atoms with Gasteiger partial charge in [0, 0.05) is 6.54 Å². The first kappa shape index (κ1) is 19.0. The Balaban J connectivity index is 0.00000182. The highest BCUT2D eigenvalue weighted by Crippen LogP contribution is 2.60. The molecule has 5 rings (SSSR count). The Hall–Kier alpha value is -0.730. The van der Waals surface area contributed by atoms with Crippen LogP contribution in [0.25, 0.3) is 0 Å². The first-order valence-electron chi connectivity index (χ1n) is 10.2. The molecule has 1 aromatic carbocycles. The van der Waals surface area contributed by atoms with Crippen molar-refractivity contribution >= 4 is 0 Å². The monoisotopic (exact) mass is 362 g/mol. The topological polar surface area (TPSA) is 12.5 Å². The van der Waals surface area contributed by atoms with Crippen molar-refractivity contribution in [3.8, 4) is 5.75 Å². The van der Waals surface area contributed by atoms with E-state index in [-0.39, 0.29) is 12.4 Å². The van der Waals surface area contributed by atoms with Gasteiger partial charge in [0.1, 0.15) is 12.4 Å². The van der Waals surface area contributed by atoms with Crippen molar-refractivity contribution in [2.75, 3.05) is 26.2 Å². The summed E-state index contributed by atoms with van der Waals surface area (Å²) >= 11 is 0. The van der Waals surface area contributed by atoms with Crippen LogP contribution in [-0.2, 0) is 5.41 Å². The van der Waals surface area contributed by atoms with Gasteiger partial charge in [-0.05, 0) is 92.5 Å². The first-order valence-corrected chi connectivity index (χ1v) is 10.2. The van der Waals surface area contributed by atoms with Crippen LogP contribution in [-0.4, -0.2) is 31.1 Å². The maximum absolute atomic E-state index is 5.97. The average molecular weight is 363 g/mol. The van der Waals surface area contributed by atoms with E-state index in [1.807, 2.05) is 0 Å². The number of hydrogen-bond donors (Lipinski definition) is 0. The maximum Gasteiger partial charge on any atom is 0.119 e. The molecule has 0 aliphatic heterocycles. The normalized spacial score (nSPS) is 32.7. The van der Waals surface area contributed by atoms with Crippen LogP contribution in [0.4, 0.5) is 0 Å². The van der Waals surface area contributed by atoms with Crippen molar-refractivity contribution in [2.45, 2.75) is 57.8 Å². The highest BCUT2D eigenvalue weighted by atomic mass is 35.5. The quantitative estimate of drug-likeness (QED) is 0.734. The van der Waals surface area contributed by atoms with Gasteiger partial charge in [0.05, 0.1) is 0 Å². The van der Waals surface area contributed by atoms with Crippen molar-refractivity contribution in [1.29, 1.82) is 0 Å². The van der Waals surface area contributed by atoms with Gasteiger partial charge in [-0.2, -0.15) is 0 Å². The van der Waals surface area contributed by atoms with Crippen molar-refractivity contribution in [3.63, 3.8) is 0 Å². The number of ether oxygens (including phenoxy) is 1. The Morgan fingerprint density at radius 2 is 1.44 bits per heavy atom. The predicted molar refractivity (Wildman–Crippen MR) is 99.6 cm³/mol. The summed E-state index contributed by atoms with van der Waals surface area (Å²) in [5.74, 6) is 4.08. The number of hydrogen-bond acceptors (Lipinski definition) is 2. The zero-order valence-corrected chi connectivity index (χ0v) is 16.6. The van der Waals surface area contributed by atoms with Gasteiger partial charge >= 0.3 is 0 Å². The Bertz CT molecular complexity index is 516. The molecule has 4 aliphatic rings. The summed E-state index contributed by atoms with van der Waals surface area (Å²) in [5, 5.41) is 0. The van der Waals surface area contributed by atoms with Crippen LogP contribution in [0.3, 0.4) is 0 Å². The van der Waals surface area contributed by atoms with Crippen LogP contribution >= 0.6 is 0 Å². The molecule has 0 radical (unpaired) electrons. The van der Waals surface area contributed by atoms with E-state index in [0.717, 1.165) is 49.7 Å². The average Bonchev–Trinajstić information content (AvgIpc) is 2.58. The summed E-state index contributed by atoms with van der Waals surface area (Å²) in [4.78, 5) is 2.41. The van der Waals surface area contributed by atoms with Crippen LogP contribution in [0.5, 0.6) is 5.75 Å². The fourth-order valence-electron chi connectivity index (χ4n) is 6.20. The lowest BCUT2D eigenvalue weighted by Gasteiger charge is -2.57. The second-order valence-corrected chi connectivity index (χ2v) is 8.60. The third-order valence-electron chi connectivity index (χ3n) is 7.08. The van der Waals surface area contributed by atoms with E-state index in [1.54, 1.807) is 5.56 Å². The van der Waals surface area contributed by atoms with Crippen LogP contribution in [0.15, 0.2) is 24.3 Å². The minimum atomic E-state index is 0. The van der Waals surface area contributed by atoms with E-state index in [0.29, 0.717) is 5.41 Å². The van der Waals surface area contributed by atoms with Crippen LogP contribution in [0.1, 0.15) is 57.9 Å². The largest absolute Gasteiger partial charge is 1.00 e. The van der Waals surface area contributed by atoms with Gasteiger partial charge < -0.3 is 22.0 Å². The highest BCUT2D eigenvalue weighted by molar-refractivity contribution is 5.34. The van der Waals surface area contributed by atoms with E-state index in [9.17, 15) is 0 Å². The van der Waals surface area contributed by atoms with E-state index in [1.165, 1.54) is 38.5 Å². The molecule has 4 aliphatic carbocycles. The summed E-state index contributed by atoms with van der Waals surface area (Å²) in [5.41, 5.74) is 2.10. The standard InChI is InChI=1S/C22H33NO.ClH/c1-3-23(4-2)9-10-24-21-7-5-20(6-8-21)22-14-17-11-18(15-22)13-19(12-17)16-22;/h5-8,17-19H,3-4,9-16H2,1-2H3;1H/p-1. The van der Waals surface area contributed by atoms with Gasteiger partial charge in [-0.25, -0.2) is 0 Å². The van der Waals surface area contributed by atoms with Crippen LogP contribution < -0.4 is 17.1 Å². The lowest BCUT2D eigenvalue weighted by atomic mass is 9.48. The Kier molecular flexibility index (Phi) is 6.00. The molecule has 0 atom stereocenters. The van der Waals surface area contributed by atoms with Gasteiger partial charge in [0.25, 0.3) is 0 Å². The van der Waals surface area contributed by atoms with Gasteiger partial charge in [-0.1, -0.05) is 26.0 Å². The molecule has 0 N–H and O–H groups in total. The van der Waals surface area contributed by atoms with Crippen molar-refractivity contribution in [2.24, 2.45) is 17.8 Å². The van der Waals surface area contributed by atoms with Gasteiger partial charge in [-0.15, -0.1) is 0 Å². The smallest absolute Gasteiger partial charge is 0.119 e. The van der Waals surface area contributed by atoms with E-state index in [2.05, 4.69) is 43.0 Å². The molecule has 140 valence electrons. The fraction of sp³-hybridized carbons (Fsp3) is 0.727. The zero-order chi connectivity index (χ0) is 16.6. The molecule has 4 bridgehead atoms. The van der Waals surface area contributed by atoms with E-state index < -0.39 is 0 Å². The number of rotatable bonds is 7. The molecule has 0 spiro atoms. The van der Waals surface area contributed by atoms with Gasteiger partial charge in [0.2, 0.25) is 0 Å². The minimum Gasteiger partial charge on any atom is -1.00 e. The Labute approximate surface area is 159 Å². The van der Waals surface area contributed by atoms with E-state index >= 15 is 0 Å². The Morgan fingerprint density at radius 1 is 0.920 bits per heavy atom. The molecule has 0 unspecified atom stereocenters. The molecule has 0 amide bonds. The molecular formula is C22H33ClNO-. The molecule has 2 nitrogen and oxygen atoms in total. The molecule has 0 heterocycles. The van der Waals surface area contributed by atoms with Crippen LogP contribution in [0, 0.1) is 17.8 Å². The number of nitrogens with zero attached hydrogens (tertiary/aromatic N) is 1. The molecular weight excluding hydrogens is 330 g/mol. The number of likely N-dealkylation sites (N-methyl/N-ethyl adjacent to an activating group) is 1. The summed E-state index contributed by atoms with van der Waals surface area (Å²) in [7, 11) is 0. The highest BCUT2D eigenvalue weighted by Gasteiger charge is 2.51. The third kappa shape index (κ3) is 3.85. The molecule has 3 heteroatoms. The molecule has 4 saturated carbocycles. The zero-order valence-electron chi connectivity index (χ0n) is 15.8. The Morgan fingerprint density at radius 3 is 1.92 bits per heavy atom. The second-order valence-electron chi connectivity index (χ2n) is 8.60. The predicted octanol–water partition coefficient (Wildman–Crippen LogP) is 1.88. The lowest BCUT2D eigenvalue weighted by Crippen LogP contribution is -3.00. The van der Waals surface area contributed by atoms with Gasteiger partial charge in [0.15, 0.2) is 0 Å². The molecule has 0 aromatic heterocycles. The third-order valence-corrected chi connectivity index (χ3v) is 7.08. The van der Waals surface area contributed by atoms with Crippen molar-refractivity contribution < 1.29 is 17.1 Å².